The third-order valence-corrected chi connectivity index (χ3v) is 2.06. The van der Waals surface area contributed by atoms with E-state index in [-0.39, 0.29) is 10.8 Å². The highest BCUT2D eigenvalue weighted by atomic mass is 35.5. The number of halogens is 2. The maximum absolute atomic E-state index is 10.4. The number of hydrogen-bond donors (Lipinski definition) is 0. The summed E-state index contributed by atoms with van der Waals surface area (Å²) in [6.45, 7) is 1.36. The molecule has 0 radical (unpaired) electrons. The molecule has 14 heavy (non-hydrogen) atoms. The van der Waals surface area contributed by atoms with Crippen molar-refractivity contribution in [2.75, 3.05) is 0 Å². The summed E-state index contributed by atoms with van der Waals surface area (Å²) in [5.74, 6) is -1.02. The van der Waals surface area contributed by atoms with E-state index >= 15 is 0 Å². The highest BCUT2D eigenvalue weighted by molar-refractivity contribution is 6.35. The van der Waals surface area contributed by atoms with Crippen LogP contribution >= 0.6 is 23.2 Å². The summed E-state index contributed by atoms with van der Waals surface area (Å²) >= 11 is 11.4. The van der Waals surface area contributed by atoms with Crippen molar-refractivity contribution >= 4 is 29.2 Å². The minimum atomic E-state index is -1.30. The van der Waals surface area contributed by atoms with Crippen LogP contribution in [0.1, 0.15) is 6.92 Å². The molecule has 0 bridgehead atoms. The van der Waals surface area contributed by atoms with E-state index in [1.165, 1.54) is 19.1 Å². The number of hydrogen-bond acceptors (Lipinski definition) is 3. The van der Waals surface area contributed by atoms with Gasteiger partial charge < -0.3 is 14.6 Å². The van der Waals surface area contributed by atoms with Crippen LogP contribution < -0.4 is 9.84 Å². The predicted octanol–water partition coefficient (Wildman–Crippen LogP) is 1.51. The highest BCUT2D eigenvalue weighted by Crippen LogP contribution is 2.28. The summed E-state index contributed by atoms with van der Waals surface area (Å²) in [5, 5.41) is 11.1. The van der Waals surface area contributed by atoms with Crippen molar-refractivity contribution < 1.29 is 14.6 Å². The van der Waals surface area contributed by atoms with Crippen LogP contribution in [0.25, 0.3) is 0 Å². The van der Waals surface area contributed by atoms with E-state index in [0.717, 1.165) is 0 Å². The van der Waals surface area contributed by atoms with Gasteiger partial charge in [0.2, 0.25) is 0 Å². The number of benzene rings is 1. The number of ether oxygens (including phenoxy) is 1. The molecule has 3 nitrogen and oxygen atoms in total. The molecule has 1 rings (SSSR count). The Labute approximate surface area is 91.2 Å². The maximum atomic E-state index is 10.4. The lowest BCUT2D eigenvalue weighted by atomic mass is 10.3. The third kappa shape index (κ3) is 2.79. The highest BCUT2D eigenvalue weighted by Gasteiger charge is 2.08. The standard InChI is InChI=1S/C9H8Cl2O3/c1-5(9(12)13)14-8-3-2-6(10)4-7(8)11/h2-5H,1H3,(H,12,13)/p-1. The minimum absolute atomic E-state index is 0.269. The Morgan fingerprint density at radius 3 is 2.64 bits per heavy atom. The van der Waals surface area contributed by atoms with Gasteiger partial charge in [-0.3, -0.25) is 0 Å². The third-order valence-electron chi connectivity index (χ3n) is 1.53. The van der Waals surface area contributed by atoms with Gasteiger partial charge in [0.25, 0.3) is 0 Å². The molecule has 1 aromatic rings. The van der Waals surface area contributed by atoms with Crippen molar-refractivity contribution in [2.45, 2.75) is 13.0 Å². The fourth-order valence-electron chi connectivity index (χ4n) is 0.809. The molecular weight excluding hydrogens is 227 g/mol. The van der Waals surface area contributed by atoms with Crippen molar-refractivity contribution in [2.24, 2.45) is 0 Å². The van der Waals surface area contributed by atoms with Crippen LogP contribution in [0.5, 0.6) is 5.75 Å². The molecule has 0 aliphatic carbocycles. The normalized spacial score (nSPS) is 12.2. The van der Waals surface area contributed by atoms with Gasteiger partial charge in [-0.2, -0.15) is 0 Å². The summed E-state index contributed by atoms with van der Waals surface area (Å²) in [5.41, 5.74) is 0. The average molecular weight is 234 g/mol. The minimum Gasteiger partial charge on any atom is -0.546 e. The topological polar surface area (TPSA) is 49.4 Å². The summed E-state index contributed by atoms with van der Waals surface area (Å²) in [4.78, 5) is 10.4. The molecule has 0 amide bonds. The fraction of sp³-hybridized carbons (Fsp3) is 0.222. The molecule has 1 atom stereocenters. The van der Waals surface area contributed by atoms with Crippen LogP contribution in [0, 0.1) is 0 Å². The quantitative estimate of drug-likeness (QED) is 0.796. The van der Waals surface area contributed by atoms with Crippen LogP contribution in [-0.2, 0) is 4.79 Å². The first-order valence-corrected chi connectivity index (χ1v) is 4.59. The van der Waals surface area contributed by atoms with Crippen molar-refractivity contribution in [3.63, 3.8) is 0 Å². The molecule has 1 unspecified atom stereocenters. The van der Waals surface area contributed by atoms with Gasteiger partial charge >= 0.3 is 0 Å². The first-order valence-electron chi connectivity index (χ1n) is 3.83. The van der Waals surface area contributed by atoms with E-state index in [9.17, 15) is 9.90 Å². The summed E-state index contributed by atoms with van der Waals surface area (Å²) < 4.78 is 5.01. The Hall–Kier alpha value is -0.930. The van der Waals surface area contributed by atoms with Crippen LogP contribution in [0.3, 0.4) is 0 Å². The number of carbonyl (C=O) groups excluding carboxylic acids is 1. The first kappa shape index (κ1) is 11.1. The van der Waals surface area contributed by atoms with Crippen LogP contribution in [0.4, 0.5) is 0 Å². The van der Waals surface area contributed by atoms with E-state index in [1.54, 1.807) is 6.07 Å². The van der Waals surface area contributed by atoms with Crippen LogP contribution in [0.2, 0.25) is 10.0 Å². The zero-order valence-corrected chi connectivity index (χ0v) is 8.80. The molecule has 1 aromatic carbocycles. The van der Waals surface area contributed by atoms with Crippen molar-refractivity contribution in [1.82, 2.24) is 0 Å². The van der Waals surface area contributed by atoms with Gasteiger partial charge in [-0.1, -0.05) is 23.2 Å². The number of carboxylic acids is 1. The lowest BCUT2D eigenvalue weighted by molar-refractivity contribution is -0.312. The molecule has 0 saturated carbocycles. The summed E-state index contributed by atoms with van der Waals surface area (Å²) in [7, 11) is 0. The molecule has 76 valence electrons. The van der Waals surface area contributed by atoms with Gasteiger partial charge in [-0.05, 0) is 25.1 Å². The maximum Gasteiger partial charge on any atom is 0.138 e. The largest absolute Gasteiger partial charge is 0.546 e. The second-order valence-electron chi connectivity index (χ2n) is 2.65. The number of aliphatic carboxylic acids is 1. The van der Waals surface area contributed by atoms with Crippen molar-refractivity contribution in [3.05, 3.63) is 28.2 Å². The predicted molar refractivity (Wildman–Crippen MR) is 51.6 cm³/mol. The molecule has 0 heterocycles. The molecule has 0 fully saturated rings. The van der Waals surface area contributed by atoms with Gasteiger partial charge in [0, 0.05) is 5.02 Å². The average Bonchev–Trinajstić information content (AvgIpc) is 2.09. The van der Waals surface area contributed by atoms with Gasteiger partial charge in [0.1, 0.15) is 11.9 Å². The number of rotatable bonds is 3. The van der Waals surface area contributed by atoms with Crippen molar-refractivity contribution in [3.8, 4) is 5.75 Å². The number of carbonyl (C=O) groups is 1. The van der Waals surface area contributed by atoms with E-state index in [1.807, 2.05) is 0 Å². The van der Waals surface area contributed by atoms with E-state index < -0.39 is 12.1 Å². The Morgan fingerprint density at radius 2 is 2.14 bits per heavy atom. The Morgan fingerprint density at radius 1 is 1.50 bits per heavy atom. The Balaban J connectivity index is 2.82. The molecule has 0 aliphatic heterocycles. The molecule has 0 aliphatic rings. The second kappa shape index (κ2) is 4.53. The molecule has 0 spiro atoms. The zero-order valence-electron chi connectivity index (χ0n) is 7.29. The lowest BCUT2D eigenvalue weighted by Crippen LogP contribution is -2.37. The van der Waals surface area contributed by atoms with E-state index in [0.29, 0.717) is 5.02 Å². The van der Waals surface area contributed by atoms with Gasteiger partial charge in [0.15, 0.2) is 0 Å². The van der Waals surface area contributed by atoms with Gasteiger partial charge in [-0.25, -0.2) is 0 Å². The van der Waals surface area contributed by atoms with Crippen molar-refractivity contribution in [1.29, 1.82) is 0 Å². The molecule has 0 aromatic heterocycles. The van der Waals surface area contributed by atoms with Crippen LogP contribution in [-0.4, -0.2) is 12.1 Å². The Kier molecular flexibility index (Phi) is 3.61. The fourth-order valence-corrected chi connectivity index (χ4v) is 1.26. The zero-order chi connectivity index (χ0) is 10.7. The first-order chi connectivity index (χ1) is 6.50. The summed E-state index contributed by atoms with van der Waals surface area (Å²) in [6, 6.07) is 4.54. The molecule has 0 saturated heterocycles. The SMILES string of the molecule is CC(Oc1ccc(Cl)cc1Cl)C(=O)[O-]. The second-order valence-corrected chi connectivity index (χ2v) is 3.50. The molecular formula is C9H7Cl2O3-. The van der Waals surface area contributed by atoms with Gasteiger partial charge in [-0.15, -0.1) is 0 Å². The Bertz CT molecular complexity index is 352. The molecule has 0 N–H and O–H groups in total. The van der Waals surface area contributed by atoms with Crippen LogP contribution in [0.15, 0.2) is 18.2 Å². The smallest absolute Gasteiger partial charge is 0.138 e. The van der Waals surface area contributed by atoms with Gasteiger partial charge in [0.05, 0.1) is 11.0 Å². The monoisotopic (exact) mass is 233 g/mol. The molecule has 5 heteroatoms. The van der Waals surface area contributed by atoms with E-state index in [4.69, 9.17) is 27.9 Å². The lowest BCUT2D eigenvalue weighted by Gasteiger charge is -2.16. The summed E-state index contributed by atoms with van der Waals surface area (Å²) in [6.07, 6.45) is -1.05. The van der Waals surface area contributed by atoms with E-state index in [2.05, 4.69) is 0 Å². The number of carboxylic acid groups (broad SMARTS) is 1.